The first-order valence-electron chi connectivity index (χ1n) is 7.97. The molecule has 7 nitrogen and oxygen atoms in total. The third kappa shape index (κ3) is 6.06. The highest BCUT2D eigenvalue weighted by Crippen LogP contribution is 2.26. The van der Waals surface area contributed by atoms with Gasteiger partial charge >= 0.3 is 6.18 Å². The summed E-state index contributed by atoms with van der Waals surface area (Å²) in [6.45, 7) is 1.81. The zero-order valence-corrected chi connectivity index (χ0v) is 16.2. The van der Waals surface area contributed by atoms with E-state index < -0.39 is 34.1 Å². The Morgan fingerprint density at radius 3 is 2.68 bits per heavy atom. The van der Waals surface area contributed by atoms with Crippen LogP contribution in [-0.4, -0.2) is 47.6 Å². The maximum atomic E-state index is 12.4. The van der Waals surface area contributed by atoms with E-state index in [1.807, 2.05) is 0 Å². The van der Waals surface area contributed by atoms with E-state index >= 15 is 0 Å². The fourth-order valence-corrected chi connectivity index (χ4v) is 3.43. The number of hydrogen-bond donors (Lipinski definition) is 0. The van der Waals surface area contributed by atoms with Crippen LogP contribution in [0.5, 0.6) is 0 Å². The van der Waals surface area contributed by atoms with Crippen LogP contribution in [0.2, 0.25) is 5.15 Å². The maximum Gasteiger partial charge on any atom is 0.410 e. The fourth-order valence-electron chi connectivity index (χ4n) is 2.24. The second-order valence-corrected chi connectivity index (χ2v) is 7.92. The summed E-state index contributed by atoms with van der Waals surface area (Å²) < 4.78 is 61.1. The maximum absolute atomic E-state index is 12.4. The first-order chi connectivity index (χ1) is 13.0. The van der Waals surface area contributed by atoms with Crippen molar-refractivity contribution in [1.29, 1.82) is 0 Å². The lowest BCUT2D eigenvalue weighted by Crippen LogP contribution is -2.31. The number of carbonyl (C=O) groups is 1. The third-order valence-corrected chi connectivity index (χ3v) is 5.13. The third-order valence-electron chi connectivity index (χ3n) is 3.53. The largest absolute Gasteiger partial charge is 0.410 e. The first kappa shape index (κ1) is 21.9. The van der Waals surface area contributed by atoms with Crippen LogP contribution in [0, 0.1) is 0 Å². The molecule has 0 aliphatic rings. The number of rotatable bonds is 7. The zero-order chi connectivity index (χ0) is 20.9. The van der Waals surface area contributed by atoms with Crippen molar-refractivity contribution in [3.8, 4) is 5.69 Å². The Balaban J connectivity index is 2.14. The lowest BCUT2D eigenvalue weighted by atomic mass is 10.3. The molecule has 152 valence electrons. The van der Waals surface area contributed by atoms with Crippen LogP contribution in [-0.2, 0) is 14.6 Å². The molecular weight excluding hydrogens is 421 g/mol. The van der Waals surface area contributed by atoms with Gasteiger partial charge in [0.1, 0.15) is 5.69 Å². The number of nitrogens with zero attached hydrogens (tertiary/aromatic N) is 4. The van der Waals surface area contributed by atoms with E-state index in [2.05, 4.69) is 10.1 Å². The van der Waals surface area contributed by atoms with Crippen LogP contribution < -0.4 is 4.90 Å². The van der Waals surface area contributed by atoms with Crippen molar-refractivity contribution in [1.82, 2.24) is 14.8 Å². The van der Waals surface area contributed by atoms with E-state index in [1.54, 1.807) is 25.3 Å². The highest BCUT2D eigenvalue weighted by Gasteiger charge is 2.25. The van der Waals surface area contributed by atoms with Crippen molar-refractivity contribution >= 4 is 33.0 Å². The molecule has 2 heterocycles. The van der Waals surface area contributed by atoms with Crippen LogP contribution in [0.4, 0.5) is 18.9 Å². The molecule has 2 rings (SSSR count). The number of sulfone groups is 1. The number of hydrogen-bond acceptors (Lipinski definition) is 5. The van der Waals surface area contributed by atoms with E-state index in [1.165, 1.54) is 22.0 Å². The standard InChI is InChI=1S/C16H16ClF3N4O3S/c1-2-23(14(25)5-8-28(26,27)9-6-16(18,19)20)13-11-24(22-15(13)17)12-4-3-7-21-10-12/h3-4,6-7,9-11H,2,5,8H2,1H3. The highest BCUT2D eigenvalue weighted by molar-refractivity contribution is 7.94. The molecule has 12 heteroatoms. The smallest absolute Gasteiger partial charge is 0.308 e. The summed E-state index contributed by atoms with van der Waals surface area (Å²) in [6.07, 6.45) is -1.04. The van der Waals surface area contributed by atoms with Gasteiger partial charge in [0.2, 0.25) is 5.91 Å². The van der Waals surface area contributed by atoms with Crippen molar-refractivity contribution in [3.63, 3.8) is 0 Å². The Morgan fingerprint density at radius 1 is 1.39 bits per heavy atom. The van der Waals surface area contributed by atoms with Gasteiger partial charge in [0.05, 0.1) is 23.8 Å². The van der Waals surface area contributed by atoms with Crippen LogP contribution in [0.3, 0.4) is 0 Å². The minimum Gasteiger partial charge on any atom is -0.308 e. The predicted molar refractivity (Wildman–Crippen MR) is 98.0 cm³/mol. The predicted octanol–water partition coefficient (Wildman–Crippen LogP) is 3.15. The molecule has 0 unspecified atom stereocenters. The van der Waals surface area contributed by atoms with Crippen LogP contribution in [0.1, 0.15) is 13.3 Å². The summed E-state index contributed by atoms with van der Waals surface area (Å²) in [5.74, 6) is -1.37. The first-order valence-corrected chi connectivity index (χ1v) is 10.1. The SMILES string of the molecule is CCN(C(=O)CCS(=O)(=O)C=CC(F)(F)F)c1cn(-c2cccnc2)nc1Cl. The number of allylic oxidation sites excluding steroid dienone is 1. The number of anilines is 1. The number of alkyl halides is 3. The zero-order valence-electron chi connectivity index (χ0n) is 14.6. The van der Waals surface area contributed by atoms with E-state index in [0.29, 0.717) is 5.69 Å². The highest BCUT2D eigenvalue weighted by atomic mass is 35.5. The molecule has 0 atom stereocenters. The lowest BCUT2D eigenvalue weighted by Gasteiger charge is -2.19. The lowest BCUT2D eigenvalue weighted by molar-refractivity contribution is -0.118. The Kier molecular flexibility index (Phi) is 6.83. The molecule has 1 amide bonds. The summed E-state index contributed by atoms with van der Waals surface area (Å²) in [5, 5.41) is 4.16. The van der Waals surface area contributed by atoms with Crippen molar-refractivity contribution in [2.75, 3.05) is 17.2 Å². The Bertz CT molecular complexity index is 959. The summed E-state index contributed by atoms with van der Waals surface area (Å²) in [7, 11) is -4.19. The number of pyridine rings is 1. The van der Waals surface area contributed by atoms with Gasteiger partial charge < -0.3 is 4.90 Å². The molecule has 0 fully saturated rings. The molecule has 0 bridgehead atoms. The fraction of sp³-hybridized carbons (Fsp3) is 0.312. The van der Waals surface area contributed by atoms with Gasteiger partial charge in [-0.3, -0.25) is 9.78 Å². The normalized spacial score (nSPS) is 12.5. The number of amides is 1. The molecule has 0 aliphatic carbocycles. The minimum absolute atomic E-state index is 0.0128. The van der Waals surface area contributed by atoms with Crippen LogP contribution in [0.25, 0.3) is 5.69 Å². The van der Waals surface area contributed by atoms with Gasteiger partial charge in [-0.25, -0.2) is 13.1 Å². The quantitative estimate of drug-likeness (QED) is 0.665. The van der Waals surface area contributed by atoms with Crippen molar-refractivity contribution in [2.24, 2.45) is 0 Å². The number of aromatic nitrogens is 3. The second kappa shape index (κ2) is 8.74. The molecule has 2 aromatic rings. The van der Waals surface area contributed by atoms with Gasteiger partial charge in [0.15, 0.2) is 15.0 Å². The minimum atomic E-state index is -4.75. The molecule has 0 N–H and O–H groups in total. The van der Waals surface area contributed by atoms with Gasteiger partial charge in [-0.15, -0.1) is 0 Å². The van der Waals surface area contributed by atoms with Crippen molar-refractivity contribution < 1.29 is 26.4 Å². The Labute approximate surface area is 164 Å². The Hall–Kier alpha value is -2.40. The topological polar surface area (TPSA) is 85.2 Å². The van der Waals surface area contributed by atoms with E-state index in [-0.39, 0.29) is 28.9 Å². The summed E-state index contributed by atoms with van der Waals surface area (Å²) in [4.78, 5) is 17.6. The summed E-state index contributed by atoms with van der Waals surface area (Å²) in [6, 6.07) is 3.41. The summed E-state index contributed by atoms with van der Waals surface area (Å²) in [5.41, 5.74) is 0.847. The van der Waals surface area contributed by atoms with E-state index in [4.69, 9.17) is 11.6 Å². The monoisotopic (exact) mass is 436 g/mol. The molecule has 0 aliphatic heterocycles. The van der Waals surface area contributed by atoms with Crippen LogP contribution in [0.15, 0.2) is 42.2 Å². The van der Waals surface area contributed by atoms with Gasteiger partial charge in [0, 0.05) is 30.6 Å². The molecule has 2 aromatic heterocycles. The number of halogens is 4. The molecule has 0 saturated heterocycles. The van der Waals surface area contributed by atoms with Gasteiger partial charge in [-0.1, -0.05) is 11.6 Å². The molecule has 28 heavy (non-hydrogen) atoms. The Morgan fingerprint density at radius 2 is 2.11 bits per heavy atom. The van der Waals surface area contributed by atoms with Crippen molar-refractivity contribution in [2.45, 2.75) is 19.5 Å². The van der Waals surface area contributed by atoms with Gasteiger partial charge in [0.25, 0.3) is 0 Å². The molecule has 0 aromatic carbocycles. The second-order valence-electron chi connectivity index (χ2n) is 5.56. The summed E-state index contributed by atoms with van der Waals surface area (Å²) >= 11 is 6.10. The average Bonchev–Trinajstić information content (AvgIpc) is 3.01. The van der Waals surface area contributed by atoms with Gasteiger partial charge in [-0.2, -0.15) is 18.3 Å². The molecule has 0 spiro atoms. The number of carbonyl (C=O) groups excluding carboxylic acids is 1. The van der Waals surface area contributed by atoms with Gasteiger partial charge in [-0.05, 0) is 19.1 Å². The molecular formula is C16H16ClF3N4O3S. The van der Waals surface area contributed by atoms with Crippen LogP contribution >= 0.6 is 11.6 Å². The van der Waals surface area contributed by atoms with Crippen molar-refractivity contribution in [3.05, 3.63) is 47.4 Å². The van der Waals surface area contributed by atoms with E-state index in [0.717, 1.165) is 0 Å². The van der Waals surface area contributed by atoms with E-state index in [9.17, 15) is 26.4 Å². The average molecular weight is 437 g/mol. The molecule has 0 saturated carbocycles. The molecule has 0 radical (unpaired) electrons.